The van der Waals surface area contributed by atoms with Crippen LogP contribution in [0.15, 0.2) is 18.2 Å². The summed E-state index contributed by atoms with van der Waals surface area (Å²) in [7, 11) is 0. The largest absolute Gasteiger partial charge is 0.354 e. The fraction of sp³-hybridized carbons (Fsp3) is 0.692. The molecular weight excluding hydrogens is 398 g/mol. The predicted molar refractivity (Wildman–Crippen MR) is 130 cm³/mol. The molecule has 2 aromatic heterocycles. The lowest BCUT2D eigenvalue weighted by Gasteiger charge is -2.38. The van der Waals surface area contributed by atoms with Gasteiger partial charge in [0.2, 0.25) is 0 Å². The van der Waals surface area contributed by atoms with Crippen molar-refractivity contribution in [1.82, 2.24) is 19.8 Å². The lowest BCUT2D eigenvalue weighted by Crippen LogP contribution is -2.50. The maximum atomic E-state index is 13.5. The fourth-order valence-corrected chi connectivity index (χ4v) is 6.19. The van der Waals surface area contributed by atoms with Crippen molar-refractivity contribution in [3.63, 3.8) is 0 Å². The number of pyridine rings is 1. The molecule has 6 heteroatoms. The van der Waals surface area contributed by atoms with Gasteiger partial charge in [0.1, 0.15) is 17.2 Å². The van der Waals surface area contributed by atoms with E-state index in [2.05, 4.69) is 45.7 Å². The van der Waals surface area contributed by atoms with Crippen LogP contribution >= 0.6 is 0 Å². The maximum Gasteiger partial charge on any atom is 0.270 e. The smallest absolute Gasteiger partial charge is 0.270 e. The second-order valence-corrected chi connectivity index (χ2v) is 10.3. The molecule has 0 aromatic carbocycles. The zero-order valence-electron chi connectivity index (χ0n) is 19.9. The van der Waals surface area contributed by atoms with Crippen LogP contribution in [0.2, 0.25) is 0 Å². The Hall–Kier alpha value is -2.08. The molecular formula is C26H39N5O. The van der Waals surface area contributed by atoms with Gasteiger partial charge in [-0.2, -0.15) is 0 Å². The third-order valence-electron chi connectivity index (χ3n) is 7.93. The Morgan fingerprint density at radius 2 is 1.69 bits per heavy atom. The summed E-state index contributed by atoms with van der Waals surface area (Å²) in [6.07, 6.45) is 11.5. The molecule has 5 rings (SSSR count). The van der Waals surface area contributed by atoms with Crippen LogP contribution in [-0.4, -0.2) is 70.0 Å². The summed E-state index contributed by atoms with van der Waals surface area (Å²) in [5.41, 5.74) is 1.51. The Morgan fingerprint density at radius 1 is 1.00 bits per heavy atom. The molecule has 2 saturated carbocycles. The molecule has 3 fully saturated rings. The van der Waals surface area contributed by atoms with E-state index < -0.39 is 0 Å². The molecule has 32 heavy (non-hydrogen) atoms. The number of aromatic nitrogens is 2. The van der Waals surface area contributed by atoms with Crippen molar-refractivity contribution in [2.24, 2.45) is 0 Å². The van der Waals surface area contributed by atoms with Crippen LogP contribution < -0.4 is 4.90 Å². The minimum absolute atomic E-state index is 0.122. The third-order valence-corrected chi connectivity index (χ3v) is 7.93. The van der Waals surface area contributed by atoms with Gasteiger partial charge in [0.05, 0.1) is 0 Å². The van der Waals surface area contributed by atoms with E-state index in [4.69, 9.17) is 4.98 Å². The number of hydrogen-bond donors (Lipinski definition) is 1. The normalized spacial score (nSPS) is 21.7. The van der Waals surface area contributed by atoms with Gasteiger partial charge >= 0.3 is 0 Å². The van der Waals surface area contributed by atoms with Gasteiger partial charge in [0, 0.05) is 49.7 Å². The Labute approximate surface area is 192 Å². The molecule has 2 aliphatic carbocycles. The first-order valence-electron chi connectivity index (χ1n) is 12.9. The number of anilines is 1. The molecule has 0 bridgehead atoms. The highest BCUT2D eigenvalue weighted by molar-refractivity contribution is 5.97. The van der Waals surface area contributed by atoms with Crippen LogP contribution in [0.3, 0.4) is 0 Å². The van der Waals surface area contributed by atoms with E-state index in [9.17, 15) is 4.79 Å². The van der Waals surface area contributed by atoms with Crippen LogP contribution in [0.4, 0.5) is 5.82 Å². The first-order valence-corrected chi connectivity index (χ1v) is 12.9. The predicted octanol–water partition coefficient (Wildman–Crippen LogP) is 4.81. The summed E-state index contributed by atoms with van der Waals surface area (Å²) >= 11 is 0. The summed E-state index contributed by atoms with van der Waals surface area (Å²) in [6.45, 7) is 8.59. The van der Waals surface area contributed by atoms with Gasteiger partial charge in [-0.25, -0.2) is 4.98 Å². The van der Waals surface area contributed by atoms with Crippen molar-refractivity contribution in [2.75, 3.05) is 31.1 Å². The Morgan fingerprint density at radius 3 is 2.38 bits per heavy atom. The van der Waals surface area contributed by atoms with Gasteiger partial charge in [-0.15, -0.1) is 0 Å². The second kappa shape index (κ2) is 9.42. The molecule has 1 N–H and O–H groups in total. The van der Waals surface area contributed by atoms with Gasteiger partial charge in [0.25, 0.3) is 5.91 Å². The lowest BCUT2D eigenvalue weighted by atomic mass is 9.93. The number of nitrogens with one attached hydrogen (secondary N) is 1. The summed E-state index contributed by atoms with van der Waals surface area (Å²) < 4.78 is 0. The number of amides is 1. The summed E-state index contributed by atoms with van der Waals surface area (Å²) in [6, 6.07) is 7.60. The van der Waals surface area contributed by atoms with Gasteiger partial charge in [-0.3, -0.25) is 9.69 Å². The lowest BCUT2D eigenvalue weighted by molar-refractivity contribution is 0.0550. The number of nitrogens with zero attached hydrogens (tertiary/aromatic N) is 4. The molecule has 3 aliphatic rings. The number of carbonyl (C=O) groups is 1. The minimum atomic E-state index is 0.122. The van der Waals surface area contributed by atoms with E-state index in [1.807, 2.05) is 6.07 Å². The van der Waals surface area contributed by atoms with Crippen molar-refractivity contribution in [2.45, 2.75) is 89.8 Å². The molecule has 1 saturated heterocycles. The topological polar surface area (TPSA) is 55.5 Å². The molecule has 0 radical (unpaired) electrons. The Balaban J connectivity index is 1.30. The zero-order valence-corrected chi connectivity index (χ0v) is 19.9. The standard InChI is InChI=1S/C26H39N5O/c1-19(2)31(22-10-4-3-5-11-22)26(32)23-18-20-12-13-24(28-25(20)27-23)30-16-14-29(15-17-30)21-8-6-7-9-21/h12-13,18-19,21-22H,3-11,14-17H2,1-2H3,(H,27,28). The van der Waals surface area contributed by atoms with E-state index in [0.29, 0.717) is 11.7 Å². The van der Waals surface area contributed by atoms with Gasteiger partial charge in [-0.1, -0.05) is 32.1 Å². The van der Waals surface area contributed by atoms with E-state index >= 15 is 0 Å². The number of hydrogen-bond acceptors (Lipinski definition) is 4. The van der Waals surface area contributed by atoms with Gasteiger partial charge in [-0.05, 0) is 57.7 Å². The van der Waals surface area contributed by atoms with E-state index in [-0.39, 0.29) is 11.9 Å². The number of carbonyl (C=O) groups excluding carboxylic acids is 1. The van der Waals surface area contributed by atoms with Crippen LogP contribution in [0.5, 0.6) is 0 Å². The number of H-pyrrole nitrogens is 1. The van der Waals surface area contributed by atoms with Crippen molar-refractivity contribution >= 4 is 22.8 Å². The summed E-state index contributed by atoms with van der Waals surface area (Å²) in [4.78, 5) is 28.9. The second-order valence-electron chi connectivity index (χ2n) is 10.3. The van der Waals surface area contributed by atoms with Crippen molar-refractivity contribution in [1.29, 1.82) is 0 Å². The summed E-state index contributed by atoms with van der Waals surface area (Å²) in [5, 5.41) is 1.02. The maximum absolute atomic E-state index is 13.5. The number of rotatable bonds is 5. The molecule has 174 valence electrons. The third kappa shape index (κ3) is 4.39. The van der Waals surface area contributed by atoms with E-state index in [1.165, 1.54) is 44.9 Å². The SMILES string of the molecule is CC(C)N(C(=O)c1cc2ccc(N3CCN(C4CCCC4)CC3)nc2[nH]1)C1CCCCC1. The first-order chi connectivity index (χ1) is 15.6. The number of piperazine rings is 1. The minimum Gasteiger partial charge on any atom is -0.354 e. The summed E-state index contributed by atoms with van der Waals surface area (Å²) in [5.74, 6) is 1.15. The average Bonchev–Trinajstić information content (AvgIpc) is 3.49. The molecule has 0 atom stereocenters. The molecule has 0 spiro atoms. The Kier molecular flexibility index (Phi) is 6.40. The van der Waals surface area contributed by atoms with Gasteiger partial charge in [0.15, 0.2) is 0 Å². The molecule has 1 amide bonds. The van der Waals surface area contributed by atoms with Crippen molar-refractivity contribution in [3.05, 3.63) is 23.9 Å². The monoisotopic (exact) mass is 437 g/mol. The van der Waals surface area contributed by atoms with Crippen LogP contribution in [0.1, 0.15) is 82.1 Å². The van der Waals surface area contributed by atoms with Crippen LogP contribution in [0.25, 0.3) is 11.0 Å². The van der Waals surface area contributed by atoms with Crippen molar-refractivity contribution < 1.29 is 4.79 Å². The molecule has 6 nitrogen and oxygen atoms in total. The van der Waals surface area contributed by atoms with Crippen LogP contribution in [-0.2, 0) is 0 Å². The zero-order chi connectivity index (χ0) is 22.1. The fourth-order valence-electron chi connectivity index (χ4n) is 6.19. The van der Waals surface area contributed by atoms with E-state index in [1.54, 1.807) is 0 Å². The highest BCUT2D eigenvalue weighted by atomic mass is 16.2. The number of aromatic amines is 1. The van der Waals surface area contributed by atoms with Crippen LogP contribution in [0, 0.1) is 0 Å². The number of fused-ring (bicyclic) bond motifs is 1. The molecule has 0 unspecified atom stereocenters. The van der Waals surface area contributed by atoms with E-state index in [0.717, 1.165) is 61.9 Å². The molecule has 2 aromatic rings. The Bertz CT molecular complexity index is 917. The first kappa shape index (κ1) is 21.7. The molecule has 1 aliphatic heterocycles. The van der Waals surface area contributed by atoms with Gasteiger partial charge < -0.3 is 14.8 Å². The van der Waals surface area contributed by atoms with Crippen molar-refractivity contribution in [3.8, 4) is 0 Å². The highest BCUT2D eigenvalue weighted by Gasteiger charge is 2.30. The molecule has 3 heterocycles. The average molecular weight is 438 g/mol. The quantitative estimate of drug-likeness (QED) is 0.729. The highest BCUT2D eigenvalue weighted by Crippen LogP contribution is 2.28.